The first kappa shape index (κ1) is 14.6. The molecule has 18 heavy (non-hydrogen) atoms. The summed E-state index contributed by atoms with van der Waals surface area (Å²) in [5.74, 6) is 5.99. The van der Waals surface area contributed by atoms with Crippen LogP contribution in [-0.4, -0.2) is 24.0 Å². The molecule has 1 aliphatic carbocycles. The molecule has 100 valence electrons. The summed E-state index contributed by atoms with van der Waals surface area (Å²) < 4.78 is 5.12. The monoisotopic (exact) mass is 251 g/mol. The number of ether oxygens (including phenoxy) is 1. The van der Waals surface area contributed by atoms with Gasteiger partial charge in [0.05, 0.1) is 6.42 Å². The molecule has 0 aromatic heterocycles. The van der Waals surface area contributed by atoms with Crippen molar-refractivity contribution in [3.05, 3.63) is 0 Å². The summed E-state index contributed by atoms with van der Waals surface area (Å²) in [5.41, 5.74) is -0.487. The van der Waals surface area contributed by atoms with E-state index in [9.17, 15) is 9.59 Å². The maximum absolute atomic E-state index is 11.6. The molecule has 1 aliphatic rings. The molecule has 2 unspecified atom stereocenters. The number of ketones is 1. The Balaban J connectivity index is 2.21. The third-order valence-electron chi connectivity index (χ3n) is 2.68. The van der Waals surface area contributed by atoms with E-state index in [2.05, 4.69) is 17.2 Å². The highest BCUT2D eigenvalue weighted by Crippen LogP contribution is 2.39. The fourth-order valence-corrected chi connectivity index (χ4v) is 1.70. The molecule has 1 saturated carbocycles. The van der Waals surface area contributed by atoms with Gasteiger partial charge in [0.25, 0.3) is 0 Å². The van der Waals surface area contributed by atoms with Gasteiger partial charge in [-0.05, 0) is 40.0 Å². The van der Waals surface area contributed by atoms with Crippen molar-refractivity contribution in [2.75, 3.05) is 6.54 Å². The van der Waals surface area contributed by atoms with E-state index in [1.165, 1.54) is 0 Å². The van der Waals surface area contributed by atoms with Gasteiger partial charge in [-0.1, -0.05) is 5.92 Å². The summed E-state index contributed by atoms with van der Waals surface area (Å²) >= 11 is 0. The number of hydrogen-bond donors (Lipinski definition) is 1. The van der Waals surface area contributed by atoms with Crippen molar-refractivity contribution in [1.82, 2.24) is 5.32 Å². The van der Waals surface area contributed by atoms with E-state index >= 15 is 0 Å². The summed E-state index contributed by atoms with van der Waals surface area (Å²) in [6, 6.07) is 0. The van der Waals surface area contributed by atoms with Crippen molar-refractivity contribution in [3.8, 4) is 11.8 Å². The van der Waals surface area contributed by atoms with Gasteiger partial charge in [-0.15, -0.1) is 5.92 Å². The first-order chi connectivity index (χ1) is 8.33. The lowest BCUT2D eigenvalue weighted by atomic mass is 10.1. The average Bonchev–Trinajstić information content (AvgIpc) is 3.00. The molecule has 0 saturated heterocycles. The first-order valence-corrected chi connectivity index (χ1v) is 6.22. The van der Waals surface area contributed by atoms with E-state index in [1.807, 2.05) is 20.8 Å². The predicted octanol–water partition coefficient (Wildman–Crippen LogP) is 2.13. The van der Waals surface area contributed by atoms with Crippen molar-refractivity contribution in [1.29, 1.82) is 0 Å². The summed E-state index contributed by atoms with van der Waals surface area (Å²) in [5, 5.41) is 2.69. The molecule has 1 fully saturated rings. The average molecular weight is 251 g/mol. The van der Waals surface area contributed by atoms with Crippen LogP contribution in [0.15, 0.2) is 0 Å². The van der Waals surface area contributed by atoms with Crippen molar-refractivity contribution in [2.45, 2.75) is 46.1 Å². The minimum absolute atomic E-state index is 0.0702. The lowest BCUT2D eigenvalue weighted by Gasteiger charge is -2.19. The van der Waals surface area contributed by atoms with Crippen LogP contribution >= 0.6 is 0 Å². The Labute approximate surface area is 108 Å². The molecule has 0 aliphatic heterocycles. The molecule has 2 atom stereocenters. The largest absolute Gasteiger partial charge is 0.444 e. The SMILES string of the molecule is CC#CCC(=O)C1CC1CNC(=O)OC(C)(C)C. The fourth-order valence-electron chi connectivity index (χ4n) is 1.70. The Bertz CT molecular complexity index is 384. The van der Waals surface area contributed by atoms with E-state index < -0.39 is 11.7 Å². The predicted molar refractivity (Wildman–Crippen MR) is 68.9 cm³/mol. The molecule has 0 radical (unpaired) electrons. The summed E-state index contributed by atoms with van der Waals surface area (Å²) in [6.07, 6.45) is 0.748. The number of amides is 1. The summed E-state index contributed by atoms with van der Waals surface area (Å²) in [7, 11) is 0. The Morgan fingerprint density at radius 3 is 2.61 bits per heavy atom. The van der Waals surface area contributed by atoms with Crippen molar-refractivity contribution in [2.24, 2.45) is 11.8 Å². The molecule has 1 N–H and O–H groups in total. The minimum Gasteiger partial charge on any atom is -0.444 e. The van der Waals surface area contributed by atoms with E-state index in [-0.39, 0.29) is 17.6 Å². The maximum atomic E-state index is 11.6. The van der Waals surface area contributed by atoms with Crippen LogP contribution in [0.2, 0.25) is 0 Å². The van der Waals surface area contributed by atoms with E-state index in [4.69, 9.17) is 4.74 Å². The second-order valence-electron chi connectivity index (χ2n) is 5.55. The quantitative estimate of drug-likeness (QED) is 0.779. The fraction of sp³-hybridized carbons (Fsp3) is 0.714. The van der Waals surface area contributed by atoms with E-state index in [0.717, 1.165) is 6.42 Å². The number of alkyl carbamates (subject to hydrolysis) is 1. The van der Waals surface area contributed by atoms with Gasteiger partial charge in [0.2, 0.25) is 0 Å². The minimum atomic E-state index is -0.487. The number of carbonyl (C=O) groups is 2. The smallest absolute Gasteiger partial charge is 0.407 e. The highest BCUT2D eigenvalue weighted by Gasteiger charge is 2.42. The molecular formula is C14H21NO3. The van der Waals surface area contributed by atoms with Crippen LogP contribution in [-0.2, 0) is 9.53 Å². The standard InChI is InChI=1S/C14H21NO3/c1-5-6-7-12(16)11-8-10(11)9-15-13(17)18-14(2,3)4/h10-11H,7-9H2,1-4H3,(H,15,17). The topological polar surface area (TPSA) is 55.4 Å². The third-order valence-corrected chi connectivity index (χ3v) is 2.68. The molecule has 0 aromatic rings. The zero-order valence-corrected chi connectivity index (χ0v) is 11.5. The normalized spacial score (nSPS) is 21.6. The zero-order valence-electron chi connectivity index (χ0n) is 11.5. The second-order valence-corrected chi connectivity index (χ2v) is 5.55. The van der Waals surface area contributed by atoms with Gasteiger partial charge in [-0.3, -0.25) is 4.79 Å². The van der Waals surface area contributed by atoms with Gasteiger partial charge in [-0.2, -0.15) is 0 Å². The molecule has 0 heterocycles. The molecule has 0 bridgehead atoms. The second kappa shape index (κ2) is 5.90. The Morgan fingerprint density at radius 1 is 1.39 bits per heavy atom. The number of nitrogens with one attached hydrogen (secondary N) is 1. The van der Waals surface area contributed by atoms with Crippen molar-refractivity contribution < 1.29 is 14.3 Å². The Morgan fingerprint density at radius 2 is 2.06 bits per heavy atom. The highest BCUT2D eigenvalue weighted by atomic mass is 16.6. The van der Waals surface area contributed by atoms with Crippen LogP contribution in [0, 0.1) is 23.7 Å². The Kier molecular flexibility index (Phi) is 4.77. The van der Waals surface area contributed by atoms with Crippen LogP contribution in [0.5, 0.6) is 0 Å². The number of Topliss-reactive ketones (excluding diaryl/α,β-unsaturated/α-hetero) is 1. The van der Waals surface area contributed by atoms with Gasteiger partial charge in [-0.25, -0.2) is 4.79 Å². The molecule has 1 rings (SSSR count). The third kappa shape index (κ3) is 5.22. The lowest BCUT2D eigenvalue weighted by molar-refractivity contribution is -0.119. The zero-order chi connectivity index (χ0) is 13.8. The van der Waals surface area contributed by atoms with Crippen LogP contribution in [0.25, 0.3) is 0 Å². The molecule has 1 amide bonds. The van der Waals surface area contributed by atoms with E-state index in [1.54, 1.807) is 6.92 Å². The van der Waals surface area contributed by atoms with Crippen LogP contribution in [0.3, 0.4) is 0 Å². The lowest BCUT2D eigenvalue weighted by Crippen LogP contribution is -2.33. The molecule has 4 nitrogen and oxygen atoms in total. The summed E-state index contributed by atoms with van der Waals surface area (Å²) in [6.45, 7) is 7.69. The van der Waals surface area contributed by atoms with Crippen molar-refractivity contribution in [3.63, 3.8) is 0 Å². The molecule has 4 heteroatoms. The first-order valence-electron chi connectivity index (χ1n) is 6.22. The Hall–Kier alpha value is -1.50. The number of carbonyl (C=O) groups excluding carboxylic acids is 2. The molecular weight excluding hydrogens is 230 g/mol. The highest BCUT2D eigenvalue weighted by molar-refractivity contribution is 5.85. The molecule has 0 spiro atoms. The maximum Gasteiger partial charge on any atom is 0.407 e. The van der Waals surface area contributed by atoms with Gasteiger partial charge in [0.15, 0.2) is 0 Å². The van der Waals surface area contributed by atoms with Gasteiger partial charge in [0.1, 0.15) is 11.4 Å². The van der Waals surface area contributed by atoms with Crippen LogP contribution in [0.1, 0.15) is 40.5 Å². The number of hydrogen-bond acceptors (Lipinski definition) is 3. The van der Waals surface area contributed by atoms with Crippen molar-refractivity contribution >= 4 is 11.9 Å². The van der Waals surface area contributed by atoms with Crippen LogP contribution in [0.4, 0.5) is 4.79 Å². The number of rotatable bonds is 4. The van der Waals surface area contributed by atoms with E-state index in [0.29, 0.717) is 13.0 Å². The summed E-state index contributed by atoms with van der Waals surface area (Å²) in [4.78, 5) is 23.0. The van der Waals surface area contributed by atoms with Gasteiger partial charge in [0, 0.05) is 12.5 Å². The van der Waals surface area contributed by atoms with Gasteiger partial charge < -0.3 is 10.1 Å². The van der Waals surface area contributed by atoms with Gasteiger partial charge >= 0.3 is 6.09 Å². The van der Waals surface area contributed by atoms with Crippen LogP contribution < -0.4 is 5.32 Å². The molecule has 0 aromatic carbocycles.